The standard InChI is InChI=1S/C10H16BrN5O/c1-6(10(17)16(3)4)15-9-7(11)8(12-2)13-5-14-9/h5-6H,1-4H3,(H2,12,13,14,15). The molecule has 1 amide bonds. The molecule has 1 heterocycles. The molecule has 1 aromatic rings. The van der Waals surface area contributed by atoms with Gasteiger partial charge in [0.25, 0.3) is 0 Å². The molecule has 94 valence electrons. The Balaban J connectivity index is 2.85. The van der Waals surface area contributed by atoms with Gasteiger partial charge in [-0.05, 0) is 22.9 Å². The van der Waals surface area contributed by atoms with Crippen molar-refractivity contribution in [3.05, 3.63) is 10.8 Å². The molecule has 2 N–H and O–H groups in total. The van der Waals surface area contributed by atoms with Crippen LogP contribution in [0.4, 0.5) is 11.6 Å². The average Bonchev–Trinajstić information content (AvgIpc) is 2.30. The lowest BCUT2D eigenvalue weighted by Crippen LogP contribution is -2.37. The maximum Gasteiger partial charge on any atom is 0.244 e. The number of halogens is 1. The largest absolute Gasteiger partial charge is 0.372 e. The highest BCUT2D eigenvalue weighted by molar-refractivity contribution is 9.10. The summed E-state index contributed by atoms with van der Waals surface area (Å²) in [5.41, 5.74) is 0. The molecule has 1 rings (SSSR count). The summed E-state index contributed by atoms with van der Waals surface area (Å²) in [6.07, 6.45) is 1.44. The number of likely N-dealkylation sites (N-methyl/N-ethyl adjacent to an activating group) is 1. The molecule has 6 nitrogen and oxygen atoms in total. The molecular formula is C10H16BrN5O. The van der Waals surface area contributed by atoms with Gasteiger partial charge in [0.15, 0.2) is 0 Å². The molecule has 0 saturated carbocycles. The van der Waals surface area contributed by atoms with Gasteiger partial charge in [0, 0.05) is 21.1 Å². The lowest BCUT2D eigenvalue weighted by atomic mass is 10.3. The van der Waals surface area contributed by atoms with Crippen molar-refractivity contribution < 1.29 is 4.79 Å². The molecule has 7 heteroatoms. The molecule has 0 aliphatic carbocycles. The average molecular weight is 302 g/mol. The van der Waals surface area contributed by atoms with Crippen molar-refractivity contribution in [2.24, 2.45) is 0 Å². The second kappa shape index (κ2) is 5.81. The number of aromatic nitrogens is 2. The molecule has 0 saturated heterocycles. The van der Waals surface area contributed by atoms with Crippen molar-refractivity contribution in [2.45, 2.75) is 13.0 Å². The van der Waals surface area contributed by atoms with E-state index in [1.54, 1.807) is 28.1 Å². The van der Waals surface area contributed by atoms with Gasteiger partial charge in [0.1, 0.15) is 28.5 Å². The van der Waals surface area contributed by atoms with Crippen LogP contribution in [0.3, 0.4) is 0 Å². The van der Waals surface area contributed by atoms with Crippen molar-refractivity contribution in [2.75, 3.05) is 31.8 Å². The molecule has 0 aromatic carbocycles. The van der Waals surface area contributed by atoms with Gasteiger partial charge in [0.05, 0.1) is 0 Å². The Hall–Kier alpha value is -1.37. The van der Waals surface area contributed by atoms with E-state index in [2.05, 4.69) is 36.5 Å². The highest BCUT2D eigenvalue weighted by Gasteiger charge is 2.17. The molecule has 1 atom stereocenters. The van der Waals surface area contributed by atoms with Crippen LogP contribution in [0.5, 0.6) is 0 Å². The summed E-state index contributed by atoms with van der Waals surface area (Å²) in [5, 5.41) is 5.96. The summed E-state index contributed by atoms with van der Waals surface area (Å²) in [6.45, 7) is 1.79. The van der Waals surface area contributed by atoms with Gasteiger partial charge in [-0.3, -0.25) is 4.79 Å². The smallest absolute Gasteiger partial charge is 0.244 e. The Kier molecular flexibility index (Phi) is 4.68. The topological polar surface area (TPSA) is 70.1 Å². The van der Waals surface area contributed by atoms with E-state index in [0.29, 0.717) is 16.1 Å². The number of carbonyl (C=O) groups excluding carboxylic acids is 1. The third-order valence-electron chi connectivity index (χ3n) is 2.19. The number of hydrogen-bond acceptors (Lipinski definition) is 5. The van der Waals surface area contributed by atoms with Gasteiger partial charge < -0.3 is 15.5 Å². The van der Waals surface area contributed by atoms with Gasteiger partial charge in [-0.25, -0.2) is 9.97 Å². The summed E-state index contributed by atoms with van der Waals surface area (Å²) >= 11 is 3.38. The number of nitrogens with one attached hydrogen (secondary N) is 2. The van der Waals surface area contributed by atoms with Crippen LogP contribution in [-0.2, 0) is 4.79 Å². The van der Waals surface area contributed by atoms with Gasteiger partial charge >= 0.3 is 0 Å². The lowest BCUT2D eigenvalue weighted by molar-refractivity contribution is -0.129. The first-order valence-electron chi connectivity index (χ1n) is 5.13. The molecular weight excluding hydrogens is 286 g/mol. The summed E-state index contributed by atoms with van der Waals surface area (Å²) in [7, 11) is 5.20. The van der Waals surface area contributed by atoms with Crippen LogP contribution in [0.25, 0.3) is 0 Å². The van der Waals surface area contributed by atoms with E-state index in [9.17, 15) is 4.79 Å². The van der Waals surface area contributed by atoms with Gasteiger partial charge in [-0.1, -0.05) is 0 Å². The zero-order valence-corrected chi connectivity index (χ0v) is 11.9. The molecule has 1 unspecified atom stereocenters. The van der Waals surface area contributed by atoms with E-state index >= 15 is 0 Å². The molecule has 0 radical (unpaired) electrons. The molecule has 0 aliphatic heterocycles. The maximum atomic E-state index is 11.7. The minimum atomic E-state index is -0.346. The number of rotatable bonds is 4. The van der Waals surface area contributed by atoms with Gasteiger partial charge in [0.2, 0.25) is 5.91 Å². The van der Waals surface area contributed by atoms with E-state index in [4.69, 9.17) is 0 Å². The zero-order chi connectivity index (χ0) is 13.0. The molecule has 0 spiro atoms. The van der Waals surface area contributed by atoms with Crippen LogP contribution in [0.2, 0.25) is 0 Å². The molecule has 0 aliphatic rings. The summed E-state index contributed by atoms with van der Waals surface area (Å²) in [4.78, 5) is 21.4. The number of hydrogen-bond donors (Lipinski definition) is 2. The van der Waals surface area contributed by atoms with E-state index in [1.807, 2.05) is 0 Å². The monoisotopic (exact) mass is 301 g/mol. The second-order valence-corrected chi connectivity index (χ2v) is 4.53. The molecule has 0 bridgehead atoms. The van der Waals surface area contributed by atoms with Crippen molar-refractivity contribution in [1.82, 2.24) is 14.9 Å². The Bertz CT molecular complexity index is 410. The highest BCUT2D eigenvalue weighted by Crippen LogP contribution is 2.26. The Morgan fingerprint density at radius 1 is 1.41 bits per heavy atom. The van der Waals surface area contributed by atoms with Crippen molar-refractivity contribution >= 4 is 33.5 Å². The molecule has 1 aromatic heterocycles. The fraction of sp³-hybridized carbons (Fsp3) is 0.500. The first kappa shape index (κ1) is 13.7. The zero-order valence-electron chi connectivity index (χ0n) is 10.3. The minimum Gasteiger partial charge on any atom is -0.372 e. The predicted octanol–water partition coefficient (Wildman–Crippen LogP) is 1.17. The summed E-state index contributed by atoms with van der Waals surface area (Å²) in [5.74, 6) is 1.25. The summed E-state index contributed by atoms with van der Waals surface area (Å²) in [6, 6.07) is -0.346. The van der Waals surface area contributed by atoms with Gasteiger partial charge in [-0.2, -0.15) is 0 Å². The predicted molar refractivity (Wildman–Crippen MR) is 71.1 cm³/mol. The fourth-order valence-corrected chi connectivity index (χ4v) is 1.82. The third kappa shape index (κ3) is 3.29. The van der Waals surface area contributed by atoms with E-state index in [1.165, 1.54) is 11.2 Å². The maximum absolute atomic E-state index is 11.7. The van der Waals surface area contributed by atoms with E-state index in [0.717, 1.165) is 0 Å². The quantitative estimate of drug-likeness (QED) is 0.874. The number of carbonyl (C=O) groups is 1. The van der Waals surface area contributed by atoms with Crippen LogP contribution < -0.4 is 10.6 Å². The Labute approximate surface area is 109 Å². The number of anilines is 2. The van der Waals surface area contributed by atoms with Crippen LogP contribution in [-0.4, -0.2) is 48.0 Å². The SMILES string of the molecule is CNc1ncnc(NC(C)C(=O)N(C)C)c1Br. The molecule has 17 heavy (non-hydrogen) atoms. The van der Waals surface area contributed by atoms with Crippen LogP contribution in [0.1, 0.15) is 6.92 Å². The van der Waals surface area contributed by atoms with Crippen molar-refractivity contribution in [1.29, 1.82) is 0 Å². The van der Waals surface area contributed by atoms with Crippen molar-refractivity contribution in [3.63, 3.8) is 0 Å². The Morgan fingerprint density at radius 2 is 2.00 bits per heavy atom. The first-order valence-corrected chi connectivity index (χ1v) is 5.92. The lowest BCUT2D eigenvalue weighted by Gasteiger charge is -2.19. The minimum absolute atomic E-state index is 0.0125. The normalized spacial score (nSPS) is 11.8. The van der Waals surface area contributed by atoms with Crippen molar-refractivity contribution in [3.8, 4) is 0 Å². The van der Waals surface area contributed by atoms with E-state index in [-0.39, 0.29) is 11.9 Å². The molecule has 0 fully saturated rings. The number of amides is 1. The second-order valence-electron chi connectivity index (χ2n) is 3.73. The Morgan fingerprint density at radius 3 is 2.53 bits per heavy atom. The van der Waals surface area contributed by atoms with Crippen LogP contribution in [0.15, 0.2) is 10.8 Å². The third-order valence-corrected chi connectivity index (χ3v) is 2.94. The van der Waals surface area contributed by atoms with E-state index < -0.39 is 0 Å². The summed E-state index contributed by atoms with van der Waals surface area (Å²) < 4.78 is 0.709. The number of nitrogens with zero attached hydrogens (tertiary/aromatic N) is 3. The van der Waals surface area contributed by atoms with Crippen LogP contribution in [0, 0.1) is 0 Å². The fourth-order valence-electron chi connectivity index (χ4n) is 1.30. The first-order chi connectivity index (χ1) is 7.97. The highest BCUT2D eigenvalue weighted by atomic mass is 79.9. The van der Waals surface area contributed by atoms with Gasteiger partial charge in [-0.15, -0.1) is 0 Å². The van der Waals surface area contributed by atoms with Crippen LogP contribution >= 0.6 is 15.9 Å².